The molecule has 0 bridgehead atoms. The predicted molar refractivity (Wildman–Crippen MR) is 105 cm³/mol. The molecule has 1 fully saturated rings. The van der Waals surface area contributed by atoms with Gasteiger partial charge in [0.15, 0.2) is 0 Å². The Balaban J connectivity index is 1.55. The zero-order chi connectivity index (χ0) is 19.5. The maximum absolute atomic E-state index is 12.7. The van der Waals surface area contributed by atoms with Crippen LogP contribution in [0.1, 0.15) is 16.1 Å². The lowest BCUT2D eigenvalue weighted by atomic mass is 10.2. The van der Waals surface area contributed by atoms with Gasteiger partial charge in [-0.2, -0.15) is 0 Å². The highest BCUT2D eigenvalue weighted by Crippen LogP contribution is 2.35. The van der Waals surface area contributed by atoms with Crippen LogP contribution in [0.25, 0.3) is 6.08 Å². The Hall–Kier alpha value is -3.58. The molecule has 0 N–H and O–H groups in total. The fourth-order valence-corrected chi connectivity index (χ4v) is 3.48. The number of esters is 1. The molecule has 2 aromatic carbocycles. The molecule has 0 aliphatic carbocycles. The second-order valence-corrected chi connectivity index (χ2v) is 6.79. The number of rotatable bonds is 4. The maximum Gasteiger partial charge on any atom is 0.379 e. The number of para-hydroxylation sites is 1. The second-order valence-electron chi connectivity index (χ2n) is 5.79. The van der Waals surface area contributed by atoms with Gasteiger partial charge in [-0.25, -0.2) is 9.69 Å². The number of furan rings is 1. The second kappa shape index (κ2) is 7.58. The molecular weight excluding hydrogens is 378 g/mol. The highest BCUT2D eigenvalue weighted by Gasteiger charge is 2.36. The average molecular weight is 391 g/mol. The first kappa shape index (κ1) is 17.8. The van der Waals surface area contributed by atoms with E-state index in [0.29, 0.717) is 21.9 Å². The van der Waals surface area contributed by atoms with Crippen LogP contribution in [-0.4, -0.2) is 17.1 Å². The van der Waals surface area contributed by atoms with Gasteiger partial charge in [0.05, 0.1) is 16.9 Å². The topological polar surface area (TPSA) is 76.8 Å². The van der Waals surface area contributed by atoms with E-state index in [4.69, 9.17) is 9.15 Å². The van der Waals surface area contributed by atoms with Gasteiger partial charge in [0.2, 0.25) is 5.76 Å². The SMILES string of the molecule is O=C(Oc1cccc(/C=C2\SC(=O)N(c3ccccc3)C2=O)c1)c1ccco1. The van der Waals surface area contributed by atoms with Crippen LogP contribution in [0.4, 0.5) is 10.5 Å². The lowest BCUT2D eigenvalue weighted by Crippen LogP contribution is -2.27. The van der Waals surface area contributed by atoms with E-state index in [9.17, 15) is 14.4 Å². The van der Waals surface area contributed by atoms with Crippen LogP contribution in [0.3, 0.4) is 0 Å². The Morgan fingerprint density at radius 2 is 1.82 bits per heavy atom. The van der Waals surface area contributed by atoms with E-state index in [0.717, 1.165) is 16.7 Å². The van der Waals surface area contributed by atoms with Crippen molar-refractivity contribution in [2.45, 2.75) is 0 Å². The number of ether oxygens (including phenoxy) is 1. The Kier molecular flexibility index (Phi) is 4.82. The molecule has 2 heterocycles. The van der Waals surface area contributed by atoms with Crippen LogP contribution < -0.4 is 9.64 Å². The van der Waals surface area contributed by atoms with Gasteiger partial charge in [-0.05, 0) is 59.8 Å². The third kappa shape index (κ3) is 3.60. The Bertz CT molecular complexity index is 1070. The zero-order valence-corrected chi connectivity index (χ0v) is 15.2. The summed E-state index contributed by atoms with van der Waals surface area (Å²) in [7, 11) is 0. The van der Waals surface area contributed by atoms with Crippen molar-refractivity contribution in [3.63, 3.8) is 0 Å². The molecule has 28 heavy (non-hydrogen) atoms. The van der Waals surface area contributed by atoms with Crippen LogP contribution in [0.15, 0.2) is 82.3 Å². The van der Waals surface area contributed by atoms with Crippen molar-refractivity contribution in [2.75, 3.05) is 4.90 Å². The highest BCUT2D eigenvalue weighted by molar-refractivity contribution is 8.19. The van der Waals surface area contributed by atoms with Crippen molar-refractivity contribution in [1.82, 2.24) is 0 Å². The first-order valence-corrected chi connectivity index (χ1v) is 9.12. The molecule has 138 valence electrons. The largest absolute Gasteiger partial charge is 0.457 e. The highest BCUT2D eigenvalue weighted by atomic mass is 32.2. The number of hydrogen-bond donors (Lipinski definition) is 0. The van der Waals surface area contributed by atoms with Crippen molar-refractivity contribution >= 4 is 40.6 Å². The van der Waals surface area contributed by atoms with Crippen molar-refractivity contribution in [3.8, 4) is 5.75 Å². The van der Waals surface area contributed by atoms with Crippen molar-refractivity contribution in [1.29, 1.82) is 0 Å². The lowest BCUT2D eigenvalue weighted by Gasteiger charge is -2.11. The summed E-state index contributed by atoms with van der Waals surface area (Å²) in [5.41, 5.74) is 1.15. The molecule has 6 nitrogen and oxygen atoms in total. The molecule has 2 amide bonds. The molecule has 0 unspecified atom stereocenters. The standard InChI is InChI=1S/C21H13NO5S/c23-19-18(28-21(25)22(19)15-7-2-1-3-8-15)13-14-6-4-9-16(12-14)27-20(24)17-10-5-11-26-17/h1-13H/b18-13-. The summed E-state index contributed by atoms with van der Waals surface area (Å²) < 4.78 is 10.3. The summed E-state index contributed by atoms with van der Waals surface area (Å²) in [5.74, 6) is -0.613. The molecule has 0 atom stereocenters. The third-order valence-electron chi connectivity index (χ3n) is 3.90. The molecule has 0 spiro atoms. The molecule has 1 aliphatic heterocycles. The Morgan fingerprint density at radius 3 is 2.57 bits per heavy atom. The number of nitrogens with zero attached hydrogens (tertiary/aromatic N) is 1. The minimum Gasteiger partial charge on any atom is -0.457 e. The van der Waals surface area contributed by atoms with Crippen LogP contribution in [0.5, 0.6) is 5.75 Å². The van der Waals surface area contributed by atoms with E-state index in [1.54, 1.807) is 60.7 Å². The molecule has 1 saturated heterocycles. The predicted octanol–water partition coefficient (Wildman–Crippen LogP) is 4.74. The van der Waals surface area contributed by atoms with Crippen molar-refractivity contribution < 1.29 is 23.5 Å². The molecule has 0 radical (unpaired) electrons. The third-order valence-corrected chi connectivity index (χ3v) is 4.77. The minimum absolute atomic E-state index is 0.0920. The number of carbonyl (C=O) groups excluding carboxylic acids is 3. The molecule has 3 aromatic rings. The molecule has 1 aromatic heterocycles. The van der Waals surface area contributed by atoms with Crippen LogP contribution >= 0.6 is 11.8 Å². The number of hydrogen-bond acceptors (Lipinski definition) is 6. The zero-order valence-electron chi connectivity index (χ0n) is 14.4. The smallest absolute Gasteiger partial charge is 0.379 e. The van der Waals surface area contributed by atoms with Gasteiger partial charge in [0.25, 0.3) is 11.1 Å². The maximum atomic E-state index is 12.7. The van der Waals surface area contributed by atoms with E-state index in [1.807, 2.05) is 6.07 Å². The van der Waals surface area contributed by atoms with Gasteiger partial charge in [-0.3, -0.25) is 9.59 Å². The van der Waals surface area contributed by atoms with Crippen LogP contribution in [0.2, 0.25) is 0 Å². The van der Waals surface area contributed by atoms with E-state index >= 15 is 0 Å². The first-order chi connectivity index (χ1) is 13.6. The normalized spacial score (nSPS) is 15.3. The van der Waals surface area contributed by atoms with Crippen LogP contribution in [0, 0.1) is 0 Å². The number of thioether (sulfide) groups is 1. The van der Waals surface area contributed by atoms with Crippen molar-refractivity contribution in [2.24, 2.45) is 0 Å². The lowest BCUT2D eigenvalue weighted by molar-refractivity contribution is -0.113. The number of anilines is 1. The van der Waals surface area contributed by atoms with Gasteiger partial charge in [0.1, 0.15) is 5.75 Å². The van der Waals surface area contributed by atoms with Gasteiger partial charge in [-0.15, -0.1) is 0 Å². The Morgan fingerprint density at radius 1 is 1.00 bits per heavy atom. The summed E-state index contributed by atoms with van der Waals surface area (Å²) in [4.78, 5) is 38.4. The minimum atomic E-state index is -0.619. The molecule has 4 rings (SSSR count). The van der Waals surface area contributed by atoms with Gasteiger partial charge in [-0.1, -0.05) is 30.3 Å². The van der Waals surface area contributed by atoms with E-state index < -0.39 is 5.97 Å². The number of imide groups is 1. The molecule has 7 heteroatoms. The monoisotopic (exact) mass is 391 g/mol. The number of amides is 2. The summed E-state index contributed by atoms with van der Waals surface area (Å²) >= 11 is 0.865. The quantitative estimate of drug-likeness (QED) is 0.363. The molecule has 1 aliphatic rings. The average Bonchev–Trinajstić information content (AvgIpc) is 3.32. The first-order valence-electron chi connectivity index (χ1n) is 8.30. The van der Waals surface area contributed by atoms with Crippen molar-refractivity contribution in [3.05, 3.63) is 89.2 Å². The van der Waals surface area contributed by atoms with E-state index in [-0.39, 0.29) is 16.9 Å². The summed E-state index contributed by atoms with van der Waals surface area (Å²) in [6.45, 7) is 0. The summed E-state index contributed by atoms with van der Waals surface area (Å²) in [6, 6.07) is 18.5. The summed E-state index contributed by atoms with van der Waals surface area (Å²) in [5, 5.41) is -0.358. The van der Waals surface area contributed by atoms with Gasteiger partial charge >= 0.3 is 5.97 Å². The molecule has 0 saturated carbocycles. The van der Waals surface area contributed by atoms with Crippen LogP contribution in [-0.2, 0) is 4.79 Å². The van der Waals surface area contributed by atoms with Gasteiger partial charge in [0, 0.05) is 0 Å². The number of carbonyl (C=O) groups is 3. The number of benzene rings is 2. The fraction of sp³-hybridized carbons (Fsp3) is 0. The van der Waals surface area contributed by atoms with Gasteiger partial charge < -0.3 is 9.15 Å². The fourth-order valence-electron chi connectivity index (χ4n) is 2.64. The molecular formula is C21H13NO5S. The summed E-state index contributed by atoms with van der Waals surface area (Å²) in [6.07, 6.45) is 2.98. The Labute approximate surface area is 164 Å². The van der Waals surface area contributed by atoms with E-state index in [1.165, 1.54) is 12.3 Å². The van der Waals surface area contributed by atoms with E-state index in [2.05, 4.69) is 0 Å².